The summed E-state index contributed by atoms with van der Waals surface area (Å²) in [7, 11) is 0. The normalized spacial score (nSPS) is 10.8. The van der Waals surface area contributed by atoms with Gasteiger partial charge in [0.05, 0.1) is 0 Å². The van der Waals surface area contributed by atoms with Crippen molar-refractivity contribution in [2.24, 2.45) is 0 Å². The molecule has 0 N–H and O–H groups in total. The second kappa shape index (κ2) is 7.02. The van der Waals surface area contributed by atoms with E-state index >= 15 is 0 Å². The van der Waals surface area contributed by atoms with Crippen molar-refractivity contribution in [3.8, 4) is 5.75 Å². The van der Waals surface area contributed by atoms with Crippen LogP contribution in [0.4, 0.5) is 0 Å². The van der Waals surface area contributed by atoms with Crippen LogP contribution in [-0.2, 0) is 16.1 Å². The van der Waals surface area contributed by atoms with Crippen LogP contribution in [0.5, 0.6) is 5.75 Å². The van der Waals surface area contributed by atoms with E-state index in [0.29, 0.717) is 21.4 Å². The van der Waals surface area contributed by atoms with Crippen molar-refractivity contribution in [1.82, 2.24) is 14.6 Å². The van der Waals surface area contributed by atoms with Crippen molar-refractivity contribution in [2.75, 3.05) is 6.61 Å². The van der Waals surface area contributed by atoms with E-state index in [4.69, 9.17) is 9.47 Å². The zero-order valence-electron chi connectivity index (χ0n) is 14.1. The van der Waals surface area contributed by atoms with Gasteiger partial charge in [0.1, 0.15) is 12.4 Å². The molecule has 0 unspecified atom stereocenters. The Kier molecular flexibility index (Phi) is 4.80. The molecule has 3 rings (SSSR count). The molecule has 3 aromatic rings. The number of hydrogen-bond donors (Lipinski definition) is 0. The fraction of sp³-hybridized carbons (Fsp3) is 0.294. The van der Waals surface area contributed by atoms with Crippen LogP contribution in [0.2, 0.25) is 0 Å². The summed E-state index contributed by atoms with van der Waals surface area (Å²) in [5.74, 6) is 0.153. The van der Waals surface area contributed by atoms with Crippen LogP contribution in [0.15, 0.2) is 29.1 Å². The first-order chi connectivity index (χ1) is 11.9. The molecule has 0 aliphatic carbocycles. The van der Waals surface area contributed by atoms with E-state index in [0.717, 1.165) is 11.1 Å². The molecule has 0 saturated heterocycles. The van der Waals surface area contributed by atoms with E-state index in [1.807, 2.05) is 32.0 Å². The van der Waals surface area contributed by atoms with E-state index in [1.165, 1.54) is 21.9 Å². The Hall–Kier alpha value is -2.74. The molecule has 7 nitrogen and oxygen atoms in total. The van der Waals surface area contributed by atoms with Crippen LogP contribution in [0.1, 0.15) is 21.8 Å². The minimum absolute atomic E-state index is 0.0263. The van der Waals surface area contributed by atoms with Gasteiger partial charge in [0.25, 0.3) is 5.56 Å². The van der Waals surface area contributed by atoms with Crippen molar-refractivity contribution in [1.29, 1.82) is 0 Å². The van der Waals surface area contributed by atoms with Crippen molar-refractivity contribution in [3.63, 3.8) is 0 Å². The summed E-state index contributed by atoms with van der Waals surface area (Å²) in [6, 6.07) is 7.06. The van der Waals surface area contributed by atoms with E-state index in [1.54, 1.807) is 6.92 Å². The molecule has 2 heterocycles. The van der Waals surface area contributed by atoms with Gasteiger partial charge < -0.3 is 9.47 Å². The smallest absolute Gasteiger partial charge is 0.344 e. The zero-order valence-corrected chi connectivity index (χ0v) is 14.9. The standard InChI is InChI=1S/C17H17N3O4S/c1-10-5-4-6-13(12(10)3)23-9-16(22)24-8-14-19-20-15(21)7-11(2)18-17(20)25-14/h4-7H,8-9H2,1-3H3. The number of nitrogens with zero attached hydrogens (tertiary/aromatic N) is 3. The topological polar surface area (TPSA) is 82.8 Å². The molecular formula is C17H17N3O4S. The quantitative estimate of drug-likeness (QED) is 0.650. The molecule has 1 aromatic carbocycles. The molecule has 0 bridgehead atoms. The zero-order chi connectivity index (χ0) is 18.0. The van der Waals surface area contributed by atoms with Gasteiger partial charge in [0.15, 0.2) is 11.6 Å². The van der Waals surface area contributed by atoms with E-state index in [2.05, 4.69) is 10.1 Å². The van der Waals surface area contributed by atoms with E-state index in [-0.39, 0.29) is 18.8 Å². The average Bonchev–Trinajstić information content (AvgIpc) is 2.97. The lowest BCUT2D eigenvalue weighted by atomic mass is 10.1. The summed E-state index contributed by atoms with van der Waals surface area (Å²) in [5, 5.41) is 4.61. The average molecular weight is 359 g/mol. The maximum Gasteiger partial charge on any atom is 0.344 e. The van der Waals surface area contributed by atoms with Crippen molar-refractivity contribution < 1.29 is 14.3 Å². The number of aryl methyl sites for hydroxylation is 2. The SMILES string of the molecule is Cc1cc(=O)n2nc(COC(=O)COc3cccc(C)c3C)sc2n1. The third kappa shape index (κ3) is 3.85. The Labute approximate surface area is 147 Å². The monoisotopic (exact) mass is 359 g/mol. The number of carbonyl (C=O) groups excluding carboxylic acids is 1. The van der Waals surface area contributed by atoms with Gasteiger partial charge in [-0.1, -0.05) is 23.5 Å². The number of hydrogen-bond acceptors (Lipinski definition) is 7. The molecule has 25 heavy (non-hydrogen) atoms. The van der Waals surface area contributed by atoms with Gasteiger partial charge in [-0.3, -0.25) is 4.79 Å². The molecule has 0 saturated carbocycles. The van der Waals surface area contributed by atoms with Gasteiger partial charge in [-0.25, -0.2) is 9.78 Å². The predicted octanol–water partition coefficient (Wildman–Crippen LogP) is 2.20. The van der Waals surface area contributed by atoms with Crippen LogP contribution in [0.3, 0.4) is 0 Å². The maximum absolute atomic E-state index is 11.9. The fourth-order valence-corrected chi connectivity index (χ4v) is 3.08. The molecule has 0 aliphatic rings. The number of esters is 1. The van der Waals surface area contributed by atoms with Crippen LogP contribution < -0.4 is 10.3 Å². The first-order valence-corrected chi connectivity index (χ1v) is 8.47. The molecule has 2 aromatic heterocycles. The summed E-state index contributed by atoms with van der Waals surface area (Å²) in [5.41, 5.74) is 2.45. The molecule has 130 valence electrons. The van der Waals surface area contributed by atoms with Gasteiger partial charge >= 0.3 is 5.97 Å². The fourth-order valence-electron chi connectivity index (χ4n) is 2.22. The summed E-state index contributed by atoms with van der Waals surface area (Å²) < 4.78 is 11.9. The Balaban J connectivity index is 1.60. The second-order valence-corrected chi connectivity index (χ2v) is 6.61. The predicted molar refractivity (Wildman–Crippen MR) is 93.1 cm³/mol. The Morgan fingerprint density at radius 2 is 2.08 bits per heavy atom. The summed E-state index contributed by atoms with van der Waals surface area (Å²) in [6.45, 7) is 5.44. The van der Waals surface area contributed by atoms with Crippen LogP contribution in [0, 0.1) is 20.8 Å². The number of carbonyl (C=O) groups is 1. The molecule has 8 heteroatoms. The van der Waals surface area contributed by atoms with Crippen LogP contribution >= 0.6 is 11.3 Å². The summed E-state index contributed by atoms with van der Waals surface area (Å²) in [6.07, 6.45) is 0. The van der Waals surface area contributed by atoms with Crippen molar-refractivity contribution in [3.05, 3.63) is 56.4 Å². The number of rotatable bonds is 5. The van der Waals surface area contributed by atoms with Crippen LogP contribution in [0.25, 0.3) is 4.96 Å². The molecule has 0 atom stereocenters. The van der Waals surface area contributed by atoms with E-state index in [9.17, 15) is 9.59 Å². The Morgan fingerprint density at radius 3 is 2.88 bits per heavy atom. The van der Waals surface area contributed by atoms with Gasteiger partial charge in [0.2, 0.25) is 4.96 Å². The molecule has 0 aliphatic heterocycles. The first kappa shape index (κ1) is 17.1. The molecule has 0 radical (unpaired) electrons. The minimum Gasteiger partial charge on any atom is -0.482 e. The number of ether oxygens (including phenoxy) is 2. The number of fused-ring (bicyclic) bond motifs is 1. The largest absolute Gasteiger partial charge is 0.482 e. The van der Waals surface area contributed by atoms with E-state index < -0.39 is 5.97 Å². The third-order valence-corrected chi connectivity index (χ3v) is 4.55. The van der Waals surface area contributed by atoms with Gasteiger partial charge in [-0.05, 0) is 38.0 Å². The Bertz CT molecular complexity index is 993. The number of aromatic nitrogens is 3. The lowest BCUT2D eigenvalue weighted by Gasteiger charge is -2.10. The number of benzene rings is 1. The molecule has 0 amide bonds. The lowest BCUT2D eigenvalue weighted by molar-refractivity contribution is -0.147. The third-order valence-electron chi connectivity index (χ3n) is 3.67. The maximum atomic E-state index is 11.9. The highest BCUT2D eigenvalue weighted by atomic mass is 32.1. The Morgan fingerprint density at radius 1 is 1.28 bits per heavy atom. The second-order valence-electron chi connectivity index (χ2n) is 5.57. The van der Waals surface area contributed by atoms with Gasteiger partial charge in [-0.2, -0.15) is 9.61 Å². The highest BCUT2D eigenvalue weighted by molar-refractivity contribution is 7.16. The summed E-state index contributed by atoms with van der Waals surface area (Å²) in [4.78, 5) is 28.4. The molecule has 0 spiro atoms. The van der Waals surface area contributed by atoms with Crippen molar-refractivity contribution in [2.45, 2.75) is 27.4 Å². The minimum atomic E-state index is -0.503. The highest BCUT2D eigenvalue weighted by Gasteiger charge is 2.11. The lowest BCUT2D eigenvalue weighted by Crippen LogP contribution is -2.16. The van der Waals surface area contributed by atoms with Crippen LogP contribution in [-0.4, -0.2) is 27.2 Å². The van der Waals surface area contributed by atoms with Gasteiger partial charge in [0, 0.05) is 11.8 Å². The first-order valence-electron chi connectivity index (χ1n) is 7.65. The van der Waals surface area contributed by atoms with Crippen molar-refractivity contribution >= 4 is 22.3 Å². The summed E-state index contributed by atoms with van der Waals surface area (Å²) >= 11 is 1.21. The molecular weight excluding hydrogens is 342 g/mol. The highest BCUT2D eigenvalue weighted by Crippen LogP contribution is 2.20. The van der Waals surface area contributed by atoms with Gasteiger partial charge in [-0.15, -0.1) is 0 Å². The molecule has 0 fully saturated rings.